The molecule has 0 saturated heterocycles. The minimum atomic E-state index is 0.0266. The van der Waals surface area contributed by atoms with Crippen LogP contribution in [0.4, 0.5) is 0 Å². The summed E-state index contributed by atoms with van der Waals surface area (Å²) in [6.07, 6.45) is 0. The Balaban J connectivity index is 1.79. The maximum Gasteiger partial charge on any atom is 0.139 e. The van der Waals surface area contributed by atoms with Crippen molar-refractivity contribution in [3.8, 4) is 5.69 Å². The highest BCUT2D eigenvalue weighted by molar-refractivity contribution is 6.17. The molecule has 6 rings (SSSR count). The molecular formula is C28H23NO. The van der Waals surface area contributed by atoms with E-state index in [4.69, 9.17) is 4.42 Å². The lowest BCUT2D eigenvalue weighted by Gasteiger charge is -2.18. The van der Waals surface area contributed by atoms with Crippen LogP contribution in [0, 0.1) is 0 Å². The van der Waals surface area contributed by atoms with E-state index < -0.39 is 0 Å². The molecular weight excluding hydrogens is 366 g/mol. The normalized spacial score (nSPS) is 12.5. The van der Waals surface area contributed by atoms with Gasteiger partial charge in [0.05, 0.1) is 11.0 Å². The zero-order valence-corrected chi connectivity index (χ0v) is 17.4. The molecule has 4 aromatic carbocycles. The third-order valence-electron chi connectivity index (χ3n) is 6.11. The van der Waals surface area contributed by atoms with Crippen LogP contribution in [0.3, 0.4) is 0 Å². The first-order valence-electron chi connectivity index (χ1n) is 10.5. The molecule has 0 saturated carbocycles. The average molecular weight is 389 g/mol. The molecule has 0 aliphatic heterocycles. The standard InChI is InChI=1S/C28H23NO/c1-28(2,3)23-14-9-13-20-22-16-25-21(17-26(22)30-27(20)23)19-12-7-8-15-24(19)29(25)18-10-5-4-6-11-18/h4-17H,1-3H3. The molecule has 2 heterocycles. The van der Waals surface area contributed by atoms with E-state index in [1.54, 1.807) is 0 Å². The van der Waals surface area contributed by atoms with Crippen LogP contribution >= 0.6 is 0 Å². The summed E-state index contributed by atoms with van der Waals surface area (Å²) < 4.78 is 8.83. The van der Waals surface area contributed by atoms with Gasteiger partial charge < -0.3 is 8.98 Å². The van der Waals surface area contributed by atoms with E-state index in [1.165, 1.54) is 43.8 Å². The van der Waals surface area contributed by atoms with E-state index in [2.05, 4.69) is 110 Å². The van der Waals surface area contributed by atoms with Crippen LogP contribution in [0.2, 0.25) is 0 Å². The molecule has 0 fully saturated rings. The Kier molecular flexibility index (Phi) is 3.47. The topological polar surface area (TPSA) is 18.1 Å². The van der Waals surface area contributed by atoms with Gasteiger partial charge in [-0.2, -0.15) is 0 Å². The number of hydrogen-bond acceptors (Lipinski definition) is 1. The summed E-state index contributed by atoms with van der Waals surface area (Å²) in [4.78, 5) is 0. The maximum atomic E-state index is 6.47. The summed E-state index contributed by atoms with van der Waals surface area (Å²) in [7, 11) is 0. The van der Waals surface area contributed by atoms with Crippen molar-refractivity contribution in [1.82, 2.24) is 4.57 Å². The minimum Gasteiger partial charge on any atom is -0.456 e. The average Bonchev–Trinajstić information content (AvgIpc) is 3.27. The number of benzene rings is 4. The van der Waals surface area contributed by atoms with E-state index >= 15 is 0 Å². The first-order chi connectivity index (χ1) is 14.5. The third kappa shape index (κ3) is 2.37. The first kappa shape index (κ1) is 17.3. The molecule has 0 bridgehead atoms. The fraction of sp³-hybridized carbons (Fsp3) is 0.143. The summed E-state index contributed by atoms with van der Waals surface area (Å²) in [6, 6.07) is 30.2. The van der Waals surface area contributed by atoms with Crippen LogP contribution in [0.15, 0.2) is 89.3 Å². The van der Waals surface area contributed by atoms with E-state index in [-0.39, 0.29) is 5.41 Å². The number of aromatic nitrogens is 1. The maximum absolute atomic E-state index is 6.47. The monoisotopic (exact) mass is 389 g/mol. The zero-order chi connectivity index (χ0) is 20.5. The van der Waals surface area contributed by atoms with Crippen LogP contribution in [0.1, 0.15) is 26.3 Å². The molecule has 0 atom stereocenters. The van der Waals surface area contributed by atoms with Crippen LogP contribution in [-0.4, -0.2) is 4.57 Å². The minimum absolute atomic E-state index is 0.0266. The summed E-state index contributed by atoms with van der Waals surface area (Å²) in [5.41, 5.74) is 6.82. The van der Waals surface area contributed by atoms with Gasteiger partial charge in [0.1, 0.15) is 11.2 Å². The SMILES string of the molecule is CC(C)(C)c1cccc2c1oc1cc3c4ccccc4n(-c4ccccc4)c3cc12. The summed E-state index contributed by atoms with van der Waals surface area (Å²) in [5.74, 6) is 0. The number of rotatable bonds is 1. The molecule has 146 valence electrons. The zero-order valence-electron chi connectivity index (χ0n) is 17.4. The fourth-order valence-electron chi connectivity index (χ4n) is 4.71. The van der Waals surface area contributed by atoms with Crippen molar-refractivity contribution < 1.29 is 4.42 Å². The summed E-state index contributed by atoms with van der Waals surface area (Å²) in [5, 5.41) is 4.82. The summed E-state index contributed by atoms with van der Waals surface area (Å²) >= 11 is 0. The van der Waals surface area contributed by atoms with Gasteiger partial charge in [0, 0.05) is 32.8 Å². The lowest BCUT2D eigenvalue weighted by molar-refractivity contribution is 0.573. The molecule has 2 nitrogen and oxygen atoms in total. The molecule has 0 spiro atoms. The van der Waals surface area contributed by atoms with Crippen molar-refractivity contribution in [1.29, 1.82) is 0 Å². The smallest absolute Gasteiger partial charge is 0.139 e. The molecule has 0 N–H and O–H groups in total. The van der Waals surface area contributed by atoms with Gasteiger partial charge in [-0.25, -0.2) is 0 Å². The lowest BCUT2D eigenvalue weighted by Crippen LogP contribution is -2.10. The van der Waals surface area contributed by atoms with E-state index in [1.807, 2.05) is 0 Å². The van der Waals surface area contributed by atoms with Crippen molar-refractivity contribution in [2.24, 2.45) is 0 Å². The van der Waals surface area contributed by atoms with Gasteiger partial charge >= 0.3 is 0 Å². The van der Waals surface area contributed by atoms with E-state index in [0.29, 0.717) is 0 Å². The first-order valence-corrected chi connectivity index (χ1v) is 10.5. The number of nitrogens with zero attached hydrogens (tertiary/aromatic N) is 1. The van der Waals surface area contributed by atoms with Crippen molar-refractivity contribution >= 4 is 43.7 Å². The molecule has 2 aromatic heterocycles. The Hall–Kier alpha value is -3.52. The molecule has 0 radical (unpaired) electrons. The highest BCUT2D eigenvalue weighted by Gasteiger charge is 2.22. The van der Waals surface area contributed by atoms with Gasteiger partial charge in [-0.05, 0) is 35.7 Å². The van der Waals surface area contributed by atoms with Crippen LogP contribution in [0.25, 0.3) is 49.4 Å². The van der Waals surface area contributed by atoms with Gasteiger partial charge in [0.15, 0.2) is 0 Å². The second-order valence-electron chi connectivity index (χ2n) is 9.09. The Morgan fingerprint density at radius 2 is 1.37 bits per heavy atom. The van der Waals surface area contributed by atoms with Gasteiger partial charge in [0.2, 0.25) is 0 Å². The van der Waals surface area contributed by atoms with Gasteiger partial charge in [0.25, 0.3) is 0 Å². The molecule has 0 aliphatic rings. The largest absolute Gasteiger partial charge is 0.456 e. The van der Waals surface area contributed by atoms with Crippen LogP contribution in [0.5, 0.6) is 0 Å². The molecule has 0 aliphatic carbocycles. The van der Waals surface area contributed by atoms with E-state index in [0.717, 1.165) is 11.2 Å². The molecule has 0 unspecified atom stereocenters. The predicted molar refractivity (Wildman–Crippen MR) is 127 cm³/mol. The number of fused-ring (bicyclic) bond motifs is 6. The Morgan fingerprint density at radius 3 is 2.17 bits per heavy atom. The van der Waals surface area contributed by atoms with Crippen LogP contribution < -0.4 is 0 Å². The number of furan rings is 1. The Bertz CT molecular complexity index is 1560. The molecule has 30 heavy (non-hydrogen) atoms. The second kappa shape index (κ2) is 5.99. The molecule has 0 amide bonds. The highest BCUT2D eigenvalue weighted by Crippen LogP contribution is 2.40. The summed E-state index contributed by atoms with van der Waals surface area (Å²) in [6.45, 7) is 6.72. The van der Waals surface area contributed by atoms with Crippen molar-refractivity contribution in [3.05, 3.63) is 90.5 Å². The van der Waals surface area contributed by atoms with Crippen molar-refractivity contribution in [2.75, 3.05) is 0 Å². The van der Waals surface area contributed by atoms with Gasteiger partial charge in [-0.1, -0.05) is 75.4 Å². The number of para-hydroxylation sites is 3. The quantitative estimate of drug-likeness (QED) is 0.279. The second-order valence-corrected chi connectivity index (χ2v) is 9.09. The Morgan fingerprint density at radius 1 is 0.633 bits per heavy atom. The molecule has 2 heteroatoms. The number of hydrogen-bond donors (Lipinski definition) is 0. The Labute approximate surface area is 175 Å². The lowest BCUT2D eigenvalue weighted by atomic mass is 9.86. The molecule has 6 aromatic rings. The van der Waals surface area contributed by atoms with Crippen molar-refractivity contribution in [3.63, 3.8) is 0 Å². The predicted octanol–water partition coefficient (Wildman–Crippen LogP) is 7.98. The fourth-order valence-corrected chi connectivity index (χ4v) is 4.71. The van der Waals surface area contributed by atoms with Gasteiger partial charge in [-0.3, -0.25) is 0 Å². The van der Waals surface area contributed by atoms with E-state index in [9.17, 15) is 0 Å². The van der Waals surface area contributed by atoms with Crippen molar-refractivity contribution in [2.45, 2.75) is 26.2 Å². The van der Waals surface area contributed by atoms with Gasteiger partial charge in [-0.15, -0.1) is 0 Å². The van der Waals surface area contributed by atoms with Crippen LogP contribution in [-0.2, 0) is 5.41 Å². The highest BCUT2D eigenvalue weighted by atomic mass is 16.3. The third-order valence-corrected chi connectivity index (χ3v) is 6.11.